The van der Waals surface area contributed by atoms with Gasteiger partial charge in [0, 0.05) is 12.1 Å². The zero-order chi connectivity index (χ0) is 31.2. The number of ketones is 1. The molecule has 3 atom stereocenters. The number of sulfonamides is 1. The largest absolute Gasteiger partial charge is 0.393 e. The van der Waals surface area contributed by atoms with E-state index in [2.05, 4.69) is 15.4 Å². The van der Waals surface area contributed by atoms with Gasteiger partial charge in [0.05, 0.1) is 24.2 Å². The van der Waals surface area contributed by atoms with Gasteiger partial charge in [-0.2, -0.15) is 0 Å². The van der Waals surface area contributed by atoms with Gasteiger partial charge in [-0.05, 0) is 54.7 Å². The summed E-state index contributed by atoms with van der Waals surface area (Å²) in [5.74, 6) is -1.83. The summed E-state index contributed by atoms with van der Waals surface area (Å²) in [7, 11) is -4.03. The minimum Gasteiger partial charge on any atom is -0.393 e. The Bertz CT molecular complexity index is 1550. The summed E-state index contributed by atoms with van der Waals surface area (Å²) >= 11 is 0. The molecule has 0 radical (unpaired) electrons. The van der Waals surface area contributed by atoms with Gasteiger partial charge in [-0.15, -0.1) is 0 Å². The quantitative estimate of drug-likeness (QED) is 0.206. The summed E-state index contributed by atoms with van der Waals surface area (Å²) in [6, 6.07) is 20.1. The van der Waals surface area contributed by atoms with Crippen LogP contribution < -0.4 is 15.4 Å². The maximum Gasteiger partial charge on any atom is 0.251 e. The van der Waals surface area contributed by atoms with Crippen molar-refractivity contribution in [2.45, 2.75) is 49.8 Å². The minimum atomic E-state index is -4.03. The fraction of sp³-hybridized carbons (Fsp3) is 0.344. The van der Waals surface area contributed by atoms with Crippen LogP contribution in [0.15, 0.2) is 83.8 Å². The first-order chi connectivity index (χ1) is 20.4. The summed E-state index contributed by atoms with van der Waals surface area (Å²) in [5.41, 5.74) is 1.46. The summed E-state index contributed by atoms with van der Waals surface area (Å²) in [6.07, 6.45) is 0.255. The Morgan fingerprint density at radius 3 is 2.16 bits per heavy atom. The first-order valence-corrected chi connectivity index (χ1v) is 15.5. The lowest BCUT2D eigenvalue weighted by Gasteiger charge is -2.25. The van der Waals surface area contributed by atoms with Crippen molar-refractivity contribution >= 4 is 27.6 Å². The molecular weight excluding hydrogens is 570 g/mol. The molecule has 4 rings (SSSR count). The molecule has 0 unspecified atom stereocenters. The van der Waals surface area contributed by atoms with Gasteiger partial charge in [0.2, 0.25) is 15.9 Å². The minimum absolute atomic E-state index is 0.00227. The molecule has 4 N–H and O–H groups in total. The summed E-state index contributed by atoms with van der Waals surface area (Å²) in [5, 5.41) is 15.0. The van der Waals surface area contributed by atoms with Crippen LogP contribution in [0.3, 0.4) is 0 Å². The number of hydrogen-bond acceptors (Lipinski definition) is 7. The Morgan fingerprint density at radius 2 is 1.56 bits per heavy atom. The summed E-state index contributed by atoms with van der Waals surface area (Å²) < 4.78 is 33.7. The molecule has 1 heterocycles. The van der Waals surface area contributed by atoms with Gasteiger partial charge in [0.1, 0.15) is 6.04 Å². The molecule has 0 saturated carbocycles. The van der Waals surface area contributed by atoms with Crippen molar-refractivity contribution in [2.75, 3.05) is 19.8 Å². The SMILES string of the molecule is Cc1ccc(S(=O)(=O)NC[C@H](NC(=O)c2cccc(-c3ccccc3)c2)C(=O)N[C@@H](CC(C)C)C(=O)[C@@]2(CO)CO2)cc1. The number of rotatable bonds is 14. The second-order valence-electron chi connectivity index (χ2n) is 11.1. The molecule has 10 nitrogen and oxygen atoms in total. The van der Waals surface area contributed by atoms with Crippen LogP contribution in [-0.2, 0) is 24.3 Å². The Hall–Kier alpha value is -3.90. The molecule has 43 heavy (non-hydrogen) atoms. The number of Topliss-reactive ketones (excluding diaryl/α,β-unsaturated/α-hetero) is 1. The molecule has 228 valence electrons. The van der Waals surface area contributed by atoms with Crippen LogP contribution in [0, 0.1) is 12.8 Å². The van der Waals surface area contributed by atoms with Crippen LogP contribution >= 0.6 is 0 Å². The fourth-order valence-corrected chi connectivity index (χ4v) is 5.65. The molecule has 1 aliphatic rings. The van der Waals surface area contributed by atoms with Gasteiger partial charge in [0.15, 0.2) is 11.4 Å². The third-order valence-electron chi connectivity index (χ3n) is 7.20. The normalized spacial score (nSPS) is 17.6. The van der Waals surface area contributed by atoms with Crippen molar-refractivity contribution in [2.24, 2.45) is 5.92 Å². The smallest absolute Gasteiger partial charge is 0.251 e. The van der Waals surface area contributed by atoms with Crippen LogP contribution in [0.1, 0.15) is 36.2 Å². The molecule has 1 fully saturated rings. The summed E-state index contributed by atoms with van der Waals surface area (Å²) in [4.78, 5) is 40.2. The number of carbonyl (C=O) groups is 3. The number of aryl methyl sites for hydroxylation is 1. The molecule has 0 aromatic heterocycles. The Kier molecular flexibility index (Phi) is 10.1. The van der Waals surface area contributed by atoms with E-state index < -0.39 is 58.5 Å². The lowest BCUT2D eigenvalue weighted by atomic mass is 9.92. The Balaban J connectivity index is 1.58. The van der Waals surface area contributed by atoms with Gasteiger partial charge < -0.3 is 20.5 Å². The lowest BCUT2D eigenvalue weighted by Crippen LogP contribution is -2.57. The highest BCUT2D eigenvalue weighted by atomic mass is 32.2. The predicted molar refractivity (Wildman–Crippen MR) is 162 cm³/mol. The van der Waals surface area contributed by atoms with Crippen LogP contribution in [0.4, 0.5) is 0 Å². The topological polar surface area (TPSA) is 154 Å². The van der Waals surface area contributed by atoms with Gasteiger partial charge in [-0.3, -0.25) is 14.4 Å². The fourth-order valence-electron chi connectivity index (χ4n) is 4.61. The number of hydrogen-bond donors (Lipinski definition) is 4. The zero-order valence-electron chi connectivity index (χ0n) is 24.4. The van der Waals surface area contributed by atoms with E-state index >= 15 is 0 Å². The van der Waals surface area contributed by atoms with E-state index in [9.17, 15) is 27.9 Å². The Labute approximate surface area is 251 Å². The van der Waals surface area contributed by atoms with Crippen molar-refractivity contribution in [3.05, 3.63) is 90.0 Å². The first kappa shape index (κ1) is 32.0. The number of amides is 2. The van der Waals surface area contributed by atoms with E-state index in [0.717, 1.165) is 16.7 Å². The highest BCUT2D eigenvalue weighted by Crippen LogP contribution is 2.30. The first-order valence-electron chi connectivity index (χ1n) is 14.1. The maximum absolute atomic E-state index is 13.6. The number of aliphatic hydroxyl groups excluding tert-OH is 1. The highest BCUT2D eigenvalue weighted by molar-refractivity contribution is 7.89. The molecule has 2 amide bonds. The van der Waals surface area contributed by atoms with Crippen molar-refractivity contribution in [1.29, 1.82) is 0 Å². The monoisotopic (exact) mass is 607 g/mol. The highest BCUT2D eigenvalue weighted by Gasteiger charge is 2.54. The number of benzene rings is 3. The molecular formula is C32H37N3O7S. The number of ether oxygens (including phenoxy) is 1. The molecule has 0 bridgehead atoms. The second kappa shape index (κ2) is 13.6. The van der Waals surface area contributed by atoms with Gasteiger partial charge in [0.25, 0.3) is 5.91 Å². The van der Waals surface area contributed by atoms with Gasteiger partial charge in [-0.25, -0.2) is 13.1 Å². The third kappa shape index (κ3) is 8.14. The van der Waals surface area contributed by atoms with Crippen molar-refractivity contribution in [3.8, 4) is 11.1 Å². The van der Waals surface area contributed by atoms with E-state index in [0.29, 0.717) is 0 Å². The van der Waals surface area contributed by atoms with Crippen LogP contribution in [0.5, 0.6) is 0 Å². The second-order valence-corrected chi connectivity index (χ2v) is 12.9. The standard InChI is InChI=1S/C32H37N3O7S/c1-21(2)16-27(29(37)32(19-36)20-42-32)34-31(39)28(18-33-43(40,41)26-14-12-22(3)13-15-26)35-30(38)25-11-7-10-24(17-25)23-8-5-4-6-9-23/h4-15,17,21,27-28,33,36H,16,18-20H2,1-3H3,(H,34,39)(H,35,38)/t27-,28-,32+/m0/s1. The van der Waals surface area contributed by atoms with E-state index in [1.165, 1.54) is 12.1 Å². The van der Waals surface area contributed by atoms with Gasteiger partial charge in [-0.1, -0.05) is 74.0 Å². The van der Waals surface area contributed by atoms with Crippen LogP contribution in [-0.4, -0.2) is 68.6 Å². The number of nitrogens with one attached hydrogen (secondary N) is 3. The van der Waals surface area contributed by atoms with Crippen molar-refractivity contribution in [3.63, 3.8) is 0 Å². The van der Waals surface area contributed by atoms with Gasteiger partial charge >= 0.3 is 0 Å². The molecule has 1 saturated heterocycles. The third-order valence-corrected chi connectivity index (χ3v) is 8.64. The molecule has 3 aromatic carbocycles. The van der Waals surface area contributed by atoms with E-state index in [1.807, 2.05) is 57.2 Å². The van der Waals surface area contributed by atoms with E-state index in [4.69, 9.17) is 4.74 Å². The number of epoxide rings is 1. The predicted octanol–water partition coefficient (Wildman–Crippen LogP) is 2.60. The van der Waals surface area contributed by atoms with E-state index in [-0.39, 0.29) is 29.4 Å². The van der Waals surface area contributed by atoms with E-state index in [1.54, 1.807) is 30.3 Å². The maximum atomic E-state index is 13.6. The number of aliphatic hydroxyl groups is 1. The average molecular weight is 608 g/mol. The molecule has 11 heteroatoms. The lowest BCUT2D eigenvalue weighted by molar-refractivity contribution is -0.132. The number of carbonyl (C=O) groups excluding carboxylic acids is 3. The molecule has 3 aromatic rings. The average Bonchev–Trinajstić information content (AvgIpc) is 3.80. The molecule has 1 aliphatic heterocycles. The Morgan fingerprint density at radius 1 is 0.907 bits per heavy atom. The summed E-state index contributed by atoms with van der Waals surface area (Å²) in [6.45, 7) is 4.62. The van der Waals surface area contributed by atoms with Crippen LogP contribution in [0.2, 0.25) is 0 Å². The van der Waals surface area contributed by atoms with Crippen LogP contribution in [0.25, 0.3) is 11.1 Å². The van der Waals surface area contributed by atoms with Crippen molar-refractivity contribution in [1.82, 2.24) is 15.4 Å². The van der Waals surface area contributed by atoms with Crippen molar-refractivity contribution < 1.29 is 32.6 Å². The zero-order valence-corrected chi connectivity index (χ0v) is 25.2. The molecule has 0 aliphatic carbocycles. The molecule has 0 spiro atoms.